The van der Waals surface area contributed by atoms with E-state index in [1.165, 1.54) is 17.4 Å². The maximum atomic E-state index is 14.5. The molecular weight excluding hydrogens is 448 g/mol. The van der Waals surface area contributed by atoms with E-state index in [4.69, 9.17) is 10.5 Å². The first-order valence-electron chi connectivity index (χ1n) is 11.1. The maximum Gasteiger partial charge on any atom is 0.169 e. The molecule has 176 valence electrons. The van der Waals surface area contributed by atoms with Gasteiger partial charge < -0.3 is 20.9 Å². The van der Waals surface area contributed by atoms with Gasteiger partial charge in [0.25, 0.3) is 0 Å². The van der Waals surface area contributed by atoms with Crippen LogP contribution < -0.4 is 11.1 Å². The van der Waals surface area contributed by atoms with Crippen LogP contribution in [0.5, 0.6) is 0 Å². The van der Waals surface area contributed by atoms with Gasteiger partial charge in [-0.05, 0) is 49.3 Å². The summed E-state index contributed by atoms with van der Waals surface area (Å²) in [6.45, 7) is -0.0834. The summed E-state index contributed by atoms with van der Waals surface area (Å²) < 4.78 is 35.8. The second-order valence-corrected chi connectivity index (χ2v) is 9.64. The third-order valence-electron chi connectivity index (χ3n) is 6.34. The zero-order valence-electron chi connectivity index (χ0n) is 18.2. The molecule has 1 aliphatic heterocycles. The van der Waals surface area contributed by atoms with E-state index < -0.39 is 24.5 Å². The van der Waals surface area contributed by atoms with Crippen molar-refractivity contribution in [2.24, 2.45) is 12.8 Å². The fourth-order valence-electron chi connectivity index (χ4n) is 4.23. The molecule has 2 aromatic heterocycles. The van der Waals surface area contributed by atoms with Gasteiger partial charge in [-0.25, -0.2) is 13.8 Å². The van der Waals surface area contributed by atoms with Gasteiger partial charge >= 0.3 is 0 Å². The molecule has 0 bridgehead atoms. The number of hydrogen-bond donors (Lipinski definition) is 3. The molecule has 7 nitrogen and oxygen atoms in total. The minimum atomic E-state index is -1.21. The lowest BCUT2D eigenvalue weighted by Gasteiger charge is -2.19. The molecule has 1 unspecified atom stereocenters. The number of aryl methyl sites for hydroxylation is 1. The molecule has 5 rings (SSSR count). The van der Waals surface area contributed by atoms with Crippen LogP contribution in [0.3, 0.4) is 0 Å². The van der Waals surface area contributed by atoms with Crippen LogP contribution in [0.25, 0.3) is 10.6 Å². The highest BCUT2D eigenvalue weighted by atomic mass is 32.1. The number of ether oxygens (including phenoxy) is 1. The maximum absolute atomic E-state index is 14.5. The molecule has 33 heavy (non-hydrogen) atoms. The van der Waals surface area contributed by atoms with Gasteiger partial charge in [-0.3, -0.25) is 4.68 Å². The van der Waals surface area contributed by atoms with Crippen molar-refractivity contribution in [3.05, 3.63) is 52.5 Å². The standard InChI is InChI=1S/C23H27F2N5O2S/c1-30-21(20-7-6-17(26)16(25)10-32-20)18(9-27-30)28-22(31)19-11-33-23(29-19)14-8-13(12-2-3-12)4-5-15(14)24/h4-5,8-9,11-12,16-17,20,22,28,31H,2-3,6-7,10,26H2,1H3/t16-,17-,20+,22?/m1/s1. The molecule has 4 atom stereocenters. The molecule has 2 fully saturated rings. The number of nitrogens with zero attached hydrogens (tertiary/aromatic N) is 3. The van der Waals surface area contributed by atoms with Crippen molar-refractivity contribution in [2.45, 2.75) is 56.1 Å². The quantitative estimate of drug-likeness (QED) is 0.463. The number of hydrogen-bond acceptors (Lipinski definition) is 7. The Morgan fingerprint density at radius 2 is 2.12 bits per heavy atom. The number of aliphatic hydroxyl groups excluding tert-OH is 1. The molecular formula is C23H27F2N5O2S. The summed E-state index contributed by atoms with van der Waals surface area (Å²) in [4.78, 5) is 4.48. The Bertz CT molecular complexity index is 1120. The van der Waals surface area contributed by atoms with Crippen molar-refractivity contribution < 1.29 is 18.6 Å². The van der Waals surface area contributed by atoms with E-state index >= 15 is 0 Å². The predicted molar refractivity (Wildman–Crippen MR) is 122 cm³/mol. The minimum absolute atomic E-state index is 0.0834. The molecule has 3 heterocycles. The van der Waals surface area contributed by atoms with Gasteiger partial charge in [0.15, 0.2) is 6.23 Å². The highest BCUT2D eigenvalue weighted by Crippen LogP contribution is 2.42. The fraction of sp³-hybridized carbons (Fsp3) is 0.478. The summed E-state index contributed by atoms with van der Waals surface area (Å²) >= 11 is 1.29. The molecule has 10 heteroatoms. The van der Waals surface area contributed by atoms with Crippen molar-refractivity contribution in [3.63, 3.8) is 0 Å². The molecule has 0 amide bonds. The van der Waals surface area contributed by atoms with E-state index in [-0.39, 0.29) is 12.4 Å². The van der Waals surface area contributed by atoms with Gasteiger partial charge in [0.1, 0.15) is 28.8 Å². The molecule has 3 aromatic rings. The molecule has 4 N–H and O–H groups in total. The number of alkyl halides is 1. The van der Waals surface area contributed by atoms with Gasteiger partial charge in [-0.1, -0.05) is 6.07 Å². The van der Waals surface area contributed by atoms with Gasteiger partial charge in [0.2, 0.25) is 0 Å². The van der Waals surface area contributed by atoms with Crippen molar-refractivity contribution in [3.8, 4) is 10.6 Å². The van der Waals surface area contributed by atoms with E-state index in [9.17, 15) is 13.9 Å². The van der Waals surface area contributed by atoms with Gasteiger partial charge in [0, 0.05) is 24.0 Å². The Labute approximate surface area is 194 Å². The van der Waals surface area contributed by atoms with E-state index in [1.807, 2.05) is 12.1 Å². The lowest BCUT2D eigenvalue weighted by molar-refractivity contribution is 0.0246. The van der Waals surface area contributed by atoms with Crippen molar-refractivity contribution in [1.82, 2.24) is 14.8 Å². The van der Waals surface area contributed by atoms with Crippen molar-refractivity contribution in [2.75, 3.05) is 11.9 Å². The first-order chi connectivity index (χ1) is 15.9. The third kappa shape index (κ3) is 4.65. The zero-order valence-corrected chi connectivity index (χ0v) is 19.1. The number of benzene rings is 1. The van der Waals surface area contributed by atoms with Crippen LogP contribution in [0.4, 0.5) is 14.5 Å². The lowest BCUT2D eigenvalue weighted by atomic mass is 10.0. The molecule has 1 saturated carbocycles. The number of aromatic nitrogens is 3. The second-order valence-electron chi connectivity index (χ2n) is 8.78. The summed E-state index contributed by atoms with van der Waals surface area (Å²) in [5, 5.41) is 20.3. The number of aliphatic hydroxyl groups is 1. The first kappa shape index (κ1) is 22.4. The highest BCUT2D eigenvalue weighted by Gasteiger charge is 2.30. The summed E-state index contributed by atoms with van der Waals surface area (Å²) in [5.74, 6) is 0.181. The van der Waals surface area contributed by atoms with E-state index in [0.717, 1.165) is 18.4 Å². The average molecular weight is 476 g/mol. The summed E-state index contributed by atoms with van der Waals surface area (Å²) in [5.41, 5.74) is 9.08. The summed E-state index contributed by atoms with van der Waals surface area (Å²) in [6.07, 6.45) is 2.14. The van der Waals surface area contributed by atoms with Gasteiger partial charge in [-0.2, -0.15) is 5.10 Å². The van der Waals surface area contributed by atoms with E-state index in [2.05, 4.69) is 15.4 Å². The normalized spacial score (nSPS) is 24.5. The molecule has 1 saturated heterocycles. The van der Waals surface area contributed by atoms with Crippen LogP contribution in [-0.2, 0) is 11.8 Å². The van der Waals surface area contributed by atoms with Crippen LogP contribution in [-0.4, -0.2) is 38.7 Å². The number of nitrogens with two attached hydrogens (primary N) is 1. The lowest BCUT2D eigenvalue weighted by Crippen LogP contribution is -2.32. The first-order valence-corrected chi connectivity index (χ1v) is 12.0. The SMILES string of the molecule is Cn1ncc(NC(O)c2csc(-c3cc(C4CC4)ccc3F)n2)c1[C@@H]1CC[C@@H](N)[C@H](F)CO1. The van der Waals surface area contributed by atoms with Crippen LogP contribution in [0.2, 0.25) is 0 Å². The summed E-state index contributed by atoms with van der Waals surface area (Å²) in [7, 11) is 1.77. The Morgan fingerprint density at radius 3 is 2.91 bits per heavy atom. The molecule has 2 aliphatic rings. The Kier molecular flexibility index (Phi) is 6.17. The zero-order chi connectivity index (χ0) is 23.1. The Balaban J connectivity index is 1.34. The largest absolute Gasteiger partial charge is 0.369 e. The van der Waals surface area contributed by atoms with Gasteiger partial charge in [-0.15, -0.1) is 11.3 Å². The monoisotopic (exact) mass is 475 g/mol. The number of thiazole rings is 1. The molecule has 1 aliphatic carbocycles. The van der Waals surface area contributed by atoms with E-state index in [1.54, 1.807) is 23.3 Å². The second kappa shape index (κ2) is 9.09. The minimum Gasteiger partial charge on any atom is -0.369 e. The molecule has 1 aromatic carbocycles. The van der Waals surface area contributed by atoms with Crippen LogP contribution in [0, 0.1) is 5.82 Å². The topological polar surface area (TPSA) is 98.2 Å². The van der Waals surface area contributed by atoms with Crippen molar-refractivity contribution >= 4 is 17.0 Å². The smallest absolute Gasteiger partial charge is 0.169 e. The number of rotatable bonds is 6. The highest BCUT2D eigenvalue weighted by molar-refractivity contribution is 7.13. The average Bonchev–Trinajstić information content (AvgIpc) is 3.47. The van der Waals surface area contributed by atoms with Crippen LogP contribution in [0.15, 0.2) is 29.8 Å². The molecule has 0 radical (unpaired) electrons. The van der Waals surface area contributed by atoms with Crippen LogP contribution >= 0.6 is 11.3 Å². The fourth-order valence-corrected chi connectivity index (χ4v) is 5.08. The number of halogens is 2. The number of nitrogens with one attached hydrogen (secondary N) is 1. The van der Waals surface area contributed by atoms with Gasteiger partial charge in [0.05, 0.1) is 24.2 Å². The third-order valence-corrected chi connectivity index (χ3v) is 7.23. The van der Waals surface area contributed by atoms with E-state index in [0.29, 0.717) is 46.4 Å². The molecule has 0 spiro atoms. The van der Waals surface area contributed by atoms with Crippen LogP contribution in [0.1, 0.15) is 60.9 Å². The predicted octanol–water partition coefficient (Wildman–Crippen LogP) is 4.18. The summed E-state index contributed by atoms with van der Waals surface area (Å²) in [6, 6.07) is 4.62. The Morgan fingerprint density at radius 1 is 1.30 bits per heavy atom. The Hall–Kier alpha value is -2.40. The van der Waals surface area contributed by atoms with Crippen molar-refractivity contribution in [1.29, 1.82) is 0 Å². The number of anilines is 1.